The molecule has 0 aliphatic carbocycles. The van der Waals surface area contributed by atoms with Crippen LogP contribution in [0.1, 0.15) is 25.8 Å². The Hall–Kier alpha value is -2.60. The maximum Gasteiger partial charge on any atom is -0.0105 e. The summed E-state index contributed by atoms with van der Waals surface area (Å²) in [5.74, 6) is 0. The van der Waals surface area contributed by atoms with Gasteiger partial charge in [0.05, 0.1) is 0 Å². The summed E-state index contributed by atoms with van der Waals surface area (Å²) in [6.07, 6.45) is 7.63. The van der Waals surface area contributed by atoms with Crippen molar-refractivity contribution < 1.29 is 0 Å². The summed E-state index contributed by atoms with van der Waals surface area (Å²) < 4.78 is 0. The highest BCUT2D eigenvalue weighted by atomic mass is 14.1. The molecule has 0 heteroatoms. The molecule has 0 heterocycles. The van der Waals surface area contributed by atoms with E-state index >= 15 is 0 Å². The maximum atomic E-state index is 2.21. The van der Waals surface area contributed by atoms with Gasteiger partial charge in [0, 0.05) is 0 Å². The van der Waals surface area contributed by atoms with E-state index in [1.807, 2.05) is 0 Å². The lowest BCUT2D eigenvalue weighted by atomic mass is 9.97. The van der Waals surface area contributed by atoms with Gasteiger partial charge in [-0.2, -0.15) is 0 Å². The third-order valence-corrected chi connectivity index (χ3v) is 4.28. The van der Waals surface area contributed by atoms with Gasteiger partial charge in [-0.25, -0.2) is 0 Å². The monoisotopic (exact) mass is 298 g/mol. The number of fused-ring (bicyclic) bond motifs is 1. The van der Waals surface area contributed by atoms with Gasteiger partial charge in [-0.05, 0) is 40.8 Å². The Morgan fingerprint density at radius 3 is 2.35 bits per heavy atom. The van der Waals surface area contributed by atoms with Crippen LogP contribution in [0, 0.1) is 0 Å². The fourth-order valence-corrected chi connectivity index (χ4v) is 2.87. The van der Waals surface area contributed by atoms with Crippen LogP contribution < -0.4 is 0 Å². The molecule has 0 atom stereocenters. The van der Waals surface area contributed by atoms with Crippen LogP contribution in [0.5, 0.6) is 0 Å². The lowest BCUT2D eigenvalue weighted by Gasteiger charge is -2.07. The van der Waals surface area contributed by atoms with Gasteiger partial charge < -0.3 is 0 Å². The van der Waals surface area contributed by atoms with Crippen molar-refractivity contribution in [3.63, 3.8) is 0 Å². The Balaban J connectivity index is 1.93. The first-order chi connectivity index (χ1) is 11.3. The summed E-state index contributed by atoms with van der Waals surface area (Å²) in [6, 6.07) is 23.8. The number of rotatable bonds is 4. The molecule has 3 rings (SSSR count). The highest BCUT2D eigenvalue weighted by Gasteiger charge is 2.02. The molecule has 3 aromatic rings. The van der Waals surface area contributed by atoms with E-state index in [1.165, 1.54) is 33.0 Å². The third kappa shape index (κ3) is 3.43. The predicted octanol–water partition coefficient (Wildman–Crippen LogP) is 6.88. The van der Waals surface area contributed by atoms with Crippen molar-refractivity contribution in [2.45, 2.75) is 20.3 Å². The molecule has 114 valence electrons. The van der Waals surface area contributed by atoms with Crippen LogP contribution in [0.2, 0.25) is 0 Å². The van der Waals surface area contributed by atoms with Gasteiger partial charge in [-0.3, -0.25) is 0 Å². The molecular weight excluding hydrogens is 276 g/mol. The van der Waals surface area contributed by atoms with Crippen molar-refractivity contribution in [2.75, 3.05) is 0 Å². The lowest BCUT2D eigenvalue weighted by Crippen LogP contribution is -1.82. The second-order valence-corrected chi connectivity index (χ2v) is 5.70. The molecule has 0 saturated heterocycles. The van der Waals surface area contributed by atoms with Gasteiger partial charge in [0.15, 0.2) is 0 Å². The first-order valence-corrected chi connectivity index (χ1v) is 8.23. The number of benzene rings is 3. The molecule has 0 saturated carbocycles. The summed E-state index contributed by atoms with van der Waals surface area (Å²) in [5, 5.41) is 2.59. The standard InChI is InChI=1S/C23H22/c1-3-18(4-2)12-13-19-14-16-21(17-15-19)23-11-7-9-20-8-5-6-10-22(20)23/h3,5-17H,4H2,1-2H3. The van der Waals surface area contributed by atoms with Crippen molar-refractivity contribution in [1.82, 2.24) is 0 Å². The van der Waals surface area contributed by atoms with E-state index in [9.17, 15) is 0 Å². The zero-order valence-corrected chi connectivity index (χ0v) is 13.8. The smallest absolute Gasteiger partial charge is 0.0105 e. The average Bonchev–Trinajstić information content (AvgIpc) is 2.63. The molecule has 0 N–H and O–H groups in total. The normalized spacial score (nSPS) is 12.2. The second kappa shape index (κ2) is 7.11. The molecule has 0 aromatic heterocycles. The fourth-order valence-electron chi connectivity index (χ4n) is 2.87. The Bertz CT molecular complexity index is 843. The summed E-state index contributed by atoms with van der Waals surface area (Å²) in [5.41, 5.74) is 5.16. The Kier molecular flexibility index (Phi) is 4.73. The number of hydrogen-bond donors (Lipinski definition) is 0. The Morgan fingerprint density at radius 2 is 1.61 bits per heavy atom. The zero-order valence-electron chi connectivity index (χ0n) is 13.8. The molecular formula is C23H22. The maximum absolute atomic E-state index is 2.21. The molecule has 0 bridgehead atoms. The highest BCUT2D eigenvalue weighted by molar-refractivity contribution is 5.96. The summed E-state index contributed by atoms with van der Waals surface area (Å²) in [6.45, 7) is 4.27. The summed E-state index contributed by atoms with van der Waals surface area (Å²) in [7, 11) is 0. The first-order valence-electron chi connectivity index (χ1n) is 8.23. The number of allylic oxidation sites excluding steroid dienone is 3. The first kappa shape index (κ1) is 15.3. The Morgan fingerprint density at radius 1 is 0.870 bits per heavy atom. The van der Waals surface area contributed by atoms with E-state index in [-0.39, 0.29) is 0 Å². The van der Waals surface area contributed by atoms with Gasteiger partial charge in [-0.1, -0.05) is 97.5 Å². The molecule has 0 aliphatic heterocycles. The molecule has 0 nitrogen and oxygen atoms in total. The van der Waals surface area contributed by atoms with Gasteiger partial charge in [0.25, 0.3) is 0 Å². The molecule has 0 amide bonds. The van der Waals surface area contributed by atoms with Crippen molar-refractivity contribution >= 4 is 16.8 Å². The van der Waals surface area contributed by atoms with Crippen LogP contribution in [0.25, 0.3) is 28.0 Å². The topological polar surface area (TPSA) is 0 Å². The second-order valence-electron chi connectivity index (χ2n) is 5.70. The highest BCUT2D eigenvalue weighted by Crippen LogP contribution is 2.28. The average molecular weight is 298 g/mol. The van der Waals surface area contributed by atoms with Crippen LogP contribution in [0.15, 0.2) is 84.5 Å². The van der Waals surface area contributed by atoms with Gasteiger partial charge in [0.1, 0.15) is 0 Å². The van der Waals surface area contributed by atoms with E-state index in [4.69, 9.17) is 0 Å². The minimum atomic E-state index is 1.07. The molecule has 23 heavy (non-hydrogen) atoms. The molecule has 0 aliphatic rings. The van der Waals surface area contributed by atoms with Crippen molar-refractivity contribution in [2.24, 2.45) is 0 Å². The zero-order chi connectivity index (χ0) is 16.1. The van der Waals surface area contributed by atoms with Gasteiger partial charge in [0.2, 0.25) is 0 Å². The largest absolute Gasteiger partial charge is 0.0845 e. The molecule has 0 radical (unpaired) electrons. The van der Waals surface area contributed by atoms with Crippen LogP contribution in [0.3, 0.4) is 0 Å². The van der Waals surface area contributed by atoms with E-state index in [0.717, 1.165) is 6.42 Å². The minimum Gasteiger partial charge on any atom is -0.0845 e. The molecule has 3 aromatic carbocycles. The van der Waals surface area contributed by atoms with Crippen LogP contribution in [-0.2, 0) is 0 Å². The Labute approximate surface area is 138 Å². The van der Waals surface area contributed by atoms with Gasteiger partial charge >= 0.3 is 0 Å². The quantitative estimate of drug-likeness (QED) is 0.461. The minimum absolute atomic E-state index is 1.07. The molecule has 0 spiro atoms. The van der Waals surface area contributed by atoms with Crippen molar-refractivity contribution in [3.05, 3.63) is 90.0 Å². The SMILES string of the molecule is CC=C(C=Cc1ccc(-c2cccc3ccccc23)cc1)CC. The van der Waals surface area contributed by atoms with E-state index in [0.29, 0.717) is 0 Å². The number of hydrogen-bond acceptors (Lipinski definition) is 0. The summed E-state index contributed by atoms with van der Waals surface area (Å²) >= 11 is 0. The van der Waals surface area contributed by atoms with Crippen LogP contribution >= 0.6 is 0 Å². The lowest BCUT2D eigenvalue weighted by molar-refractivity contribution is 1.14. The van der Waals surface area contributed by atoms with E-state index in [2.05, 4.69) is 98.8 Å². The van der Waals surface area contributed by atoms with Crippen LogP contribution in [0.4, 0.5) is 0 Å². The van der Waals surface area contributed by atoms with Crippen molar-refractivity contribution in [1.29, 1.82) is 0 Å². The fraction of sp³-hybridized carbons (Fsp3) is 0.130. The van der Waals surface area contributed by atoms with Gasteiger partial charge in [-0.15, -0.1) is 0 Å². The molecule has 0 fully saturated rings. The van der Waals surface area contributed by atoms with E-state index < -0.39 is 0 Å². The molecule has 0 unspecified atom stereocenters. The predicted molar refractivity (Wildman–Crippen MR) is 102 cm³/mol. The van der Waals surface area contributed by atoms with Crippen molar-refractivity contribution in [3.8, 4) is 11.1 Å². The van der Waals surface area contributed by atoms with E-state index in [1.54, 1.807) is 0 Å². The third-order valence-electron chi connectivity index (χ3n) is 4.28. The summed E-state index contributed by atoms with van der Waals surface area (Å²) in [4.78, 5) is 0. The van der Waals surface area contributed by atoms with Crippen LogP contribution in [-0.4, -0.2) is 0 Å².